The minimum absolute atomic E-state index is 0.0109. The third-order valence-electron chi connectivity index (χ3n) is 7.78. The third kappa shape index (κ3) is 4.26. The van der Waals surface area contributed by atoms with Crippen molar-refractivity contribution in [3.63, 3.8) is 0 Å². The summed E-state index contributed by atoms with van der Waals surface area (Å²) in [7, 11) is 0. The van der Waals surface area contributed by atoms with Crippen LogP contribution in [-0.4, -0.2) is 72.8 Å². The molecule has 1 aromatic carbocycles. The Morgan fingerprint density at radius 2 is 1.83 bits per heavy atom. The lowest BCUT2D eigenvalue weighted by Gasteiger charge is -2.53. The van der Waals surface area contributed by atoms with Gasteiger partial charge in [0.1, 0.15) is 5.75 Å². The molecular formula is C24H28F4N2O5. The van der Waals surface area contributed by atoms with Crippen LogP contribution < -0.4 is 10.1 Å². The SMILES string of the molecule is O=C1COc2ccccc2C2CCC(CC2)OC[C@@H]2N1CCC[C@@]21CO[C@@](F)(C(F)(F)F)C(=O)N1. The van der Waals surface area contributed by atoms with Gasteiger partial charge in [0.25, 0.3) is 11.8 Å². The molecule has 4 heterocycles. The number of carbonyl (C=O) groups is 2. The van der Waals surface area contributed by atoms with Gasteiger partial charge in [0.15, 0.2) is 6.61 Å². The number of benzene rings is 1. The first kappa shape index (κ1) is 24.3. The minimum atomic E-state index is -5.52. The number of amides is 2. The number of rotatable bonds is 0. The van der Waals surface area contributed by atoms with Crippen molar-refractivity contribution in [2.45, 2.75) is 74.2 Å². The maximum absolute atomic E-state index is 14.5. The second-order valence-corrected chi connectivity index (χ2v) is 9.83. The van der Waals surface area contributed by atoms with Crippen molar-refractivity contribution in [2.24, 2.45) is 0 Å². The van der Waals surface area contributed by atoms with E-state index in [-0.39, 0.29) is 37.6 Å². The van der Waals surface area contributed by atoms with Gasteiger partial charge in [0.05, 0.1) is 30.9 Å². The van der Waals surface area contributed by atoms with E-state index in [1.54, 1.807) is 0 Å². The first-order valence-electron chi connectivity index (χ1n) is 12.0. The summed E-state index contributed by atoms with van der Waals surface area (Å²) in [5.41, 5.74) is -0.356. The van der Waals surface area contributed by atoms with Gasteiger partial charge in [0.2, 0.25) is 0 Å². The number of para-hydroxylation sites is 1. The summed E-state index contributed by atoms with van der Waals surface area (Å²) in [6.07, 6.45) is -1.71. The zero-order chi connectivity index (χ0) is 24.8. The van der Waals surface area contributed by atoms with Crippen LogP contribution in [0.15, 0.2) is 24.3 Å². The molecule has 1 aromatic rings. The Bertz CT molecular complexity index is 983. The first-order chi connectivity index (χ1) is 16.6. The molecule has 35 heavy (non-hydrogen) atoms. The van der Waals surface area contributed by atoms with Gasteiger partial charge in [-0.15, -0.1) is 0 Å². The van der Waals surface area contributed by atoms with Crippen molar-refractivity contribution in [3.05, 3.63) is 29.8 Å². The van der Waals surface area contributed by atoms with Crippen LogP contribution in [-0.2, 0) is 19.1 Å². The third-order valence-corrected chi connectivity index (χ3v) is 7.78. The average molecular weight is 500 g/mol. The van der Waals surface area contributed by atoms with E-state index in [0.717, 1.165) is 31.2 Å². The lowest BCUT2D eigenvalue weighted by Crippen LogP contribution is -2.76. The molecule has 0 aromatic heterocycles. The van der Waals surface area contributed by atoms with Crippen LogP contribution in [0.2, 0.25) is 0 Å². The van der Waals surface area contributed by atoms with Crippen LogP contribution in [0.5, 0.6) is 5.75 Å². The number of morpholine rings is 1. The maximum Gasteiger partial charge on any atom is 0.458 e. The minimum Gasteiger partial charge on any atom is -0.483 e. The fourth-order valence-electron chi connectivity index (χ4n) is 5.83. The molecule has 0 unspecified atom stereocenters. The molecule has 192 valence electrons. The number of piperidine rings is 1. The van der Waals surface area contributed by atoms with Gasteiger partial charge < -0.3 is 24.4 Å². The number of nitrogens with one attached hydrogen (secondary N) is 1. The number of nitrogens with zero attached hydrogens (tertiary/aromatic N) is 1. The number of halogens is 4. The summed E-state index contributed by atoms with van der Waals surface area (Å²) in [5.74, 6) is -5.81. The summed E-state index contributed by atoms with van der Waals surface area (Å²) < 4.78 is 70.9. The van der Waals surface area contributed by atoms with Crippen LogP contribution >= 0.6 is 0 Å². The molecular weight excluding hydrogens is 472 g/mol. The van der Waals surface area contributed by atoms with Crippen molar-refractivity contribution in [1.82, 2.24) is 10.2 Å². The summed E-state index contributed by atoms with van der Waals surface area (Å²) in [5, 5.41) is 2.26. The summed E-state index contributed by atoms with van der Waals surface area (Å²) in [6, 6.07) is 6.78. The molecule has 6 rings (SSSR count). The Kier molecular flexibility index (Phi) is 6.19. The smallest absolute Gasteiger partial charge is 0.458 e. The molecule has 2 amide bonds. The van der Waals surface area contributed by atoms with Gasteiger partial charge in [-0.25, -0.2) is 0 Å². The van der Waals surface area contributed by atoms with Crippen molar-refractivity contribution >= 4 is 11.8 Å². The number of hydrogen-bond donors (Lipinski definition) is 1. The largest absolute Gasteiger partial charge is 0.483 e. The molecule has 2 saturated heterocycles. The van der Waals surface area contributed by atoms with Gasteiger partial charge in [-0.3, -0.25) is 9.59 Å². The molecule has 1 saturated carbocycles. The lowest BCUT2D eigenvalue weighted by atomic mass is 9.80. The zero-order valence-electron chi connectivity index (χ0n) is 19.1. The zero-order valence-corrected chi connectivity index (χ0v) is 19.1. The number of alkyl halides is 4. The molecule has 3 fully saturated rings. The summed E-state index contributed by atoms with van der Waals surface area (Å²) in [6.45, 7) is -0.709. The molecule has 1 aliphatic carbocycles. The van der Waals surface area contributed by atoms with E-state index in [4.69, 9.17) is 9.47 Å². The Morgan fingerprint density at radius 3 is 2.54 bits per heavy atom. The second kappa shape index (κ2) is 8.92. The predicted octanol–water partition coefficient (Wildman–Crippen LogP) is 3.23. The molecule has 2 bridgehead atoms. The van der Waals surface area contributed by atoms with E-state index in [0.29, 0.717) is 18.7 Å². The molecule has 7 nitrogen and oxygen atoms in total. The highest BCUT2D eigenvalue weighted by Crippen LogP contribution is 2.43. The van der Waals surface area contributed by atoms with E-state index < -0.39 is 36.1 Å². The lowest BCUT2D eigenvalue weighted by molar-refractivity contribution is -0.330. The van der Waals surface area contributed by atoms with Crippen molar-refractivity contribution in [3.8, 4) is 5.75 Å². The highest BCUT2D eigenvalue weighted by Gasteiger charge is 2.68. The van der Waals surface area contributed by atoms with E-state index in [9.17, 15) is 27.2 Å². The van der Waals surface area contributed by atoms with Crippen LogP contribution in [0.25, 0.3) is 0 Å². The van der Waals surface area contributed by atoms with Crippen LogP contribution in [0.1, 0.15) is 50.0 Å². The Balaban J connectivity index is 1.44. The molecule has 3 atom stereocenters. The molecule has 5 aliphatic rings. The second-order valence-electron chi connectivity index (χ2n) is 9.83. The van der Waals surface area contributed by atoms with Gasteiger partial charge >= 0.3 is 12.0 Å². The maximum atomic E-state index is 14.5. The Labute approximate surface area is 200 Å². The Hall–Kier alpha value is -2.40. The van der Waals surface area contributed by atoms with Gasteiger partial charge in [-0.1, -0.05) is 18.2 Å². The number of carbonyl (C=O) groups excluding carboxylic acids is 2. The summed E-state index contributed by atoms with van der Waals surface area (Å²) in [4.78, 5) is 27.1. The highest BCUT2D eigenvalue weighted by molar-refractivity contribution is 5.86. The normalized spacial score (nSPS) is 36.2. The van der Waals surface area contributed by atoms with Gasteiger partial charge in [-0.2, -0.15) is 17.6 Å². The van der Waals surface area contributed by atoms with Gasteiger partial charge in [-0.05, 0) is 56.1 Å². The van der Waals surface area contributed by atoms with Gasteiger partial charge in [0, 0.05) is 6.54 Å². The van der Waals surface area contributed by atoms with Crippen LogP contribution in [0, 0.1) is 0 Å². The number of hydrogen-bond acceptors (Lipinski definition) is 5. The standard InChI is InChI=1S/C24H28F4N2O5/c25-23(24(26,27)28)21(32)29-22(14-35-23)10-3-11-30-19(22)12-33-16-8-6-15(7-9-16)17-4-1-2-5-18(17)34-13-20(30)31/h1-2,4-5,15-16,19H,3,6-14H2,(H,29,32)/t15?,16?,19-,22+,23+/m0/s1. The molecule has 1 spiro atoms. The van der Waals surface area contributed by atoms with Crippen LogP contribution in [0.4, 0.5) is 17.6 Å². The monoisotopic (exact) mass is 500 g/mol. The first-order valence-corrected chi connectivity index (χ1v) is 12.0. The molecule has 0 radical (unpaired) electrons. The fourth-order valence-corrected chi connectivity index (χ4v) is 5.83. The molecule has 4 aliphatic heterocycles. The summed E-state index contributed by atoms with van der Waals surface area (Å²) >= 11 is 0. The van der Waals surface area contributed by atoms with E-state index in [1.807, 2.05) is 24.3 Å². The molecule has 11 heteroatoms. The average Bonchev–Trinajstić information content (AvgIpc) is 2.85. The van der Waals surface area contributed by atoms with Crippen molar-refractivity contribution in [2.75, 3.05) is 26.4 Å². The van der Waals surface area contributed by atoms with Crippen molar-refractivity contribution < 1.29 is 41.4 Å². The van der Waals surface area contributed by atoms with E-state index in [1.165, 1.54) is 4.90 Å². The highest BCUT2D eigenvalue weighted by atomic mass is 19.4. The quantitative estimate of drug-likeness (QED) is 0.554. The van der Waals surface area contributed by atoms with E-state index in [2.05, 4.69) is 10.1 Å². The Morgan fingerprint density at radius 1 is 1.09 bits per heavy atom. The topological polar surface area (TPSA) is 77.1 Å². The number of ether oxygens (including phenoxy) is 3. The predicted molar refractivity (Wildman–Crippen MR) is 114 cm³/mol. The fraction of sp³-hybridized carbons (Fsp3) is 0.667. The van der Waals surface area contributed by atoms with Crippen LogP contribution in [0.3, 0.4) is 0 Å². The number of fused-ring (bicyclic) bond motifs is 5. The van der Waals surface area contributed by atoms with Crippen molar-refractivity contribution in [1.29, 1.82) is 0 Å². The van der Waals surface area contributed by atoms with E-state index >= 15 is 0 Å². The molecule has 1 N–H and O–H groups in total.